The fraction of sp³-hybridized carbons (Fsp3) is 0.300. The maximum absolute atomic E-state index is 12.7. The SMILES string of the molecule is C[C@H](C(=O)Nc1ccc(C#N)cc1)N1CCN(S(=O)(=O)c2ccccc2)CC1. The Morgan fingerprint density at radius 1 is 1.04 bits per heavy atom. The first-order chi connectivity index (χ1) is 13.4. The third-order valence-corrected chi connectivity index (χ3v) is 6.78. The number of sulfonamides is 1. The summed E-state index contributed by atoms with van der Waals surface area (Å²) in [6.45, 7) is 3.44. The molecule has 1 atom stereocenters. The van der Waals surface area contributed by atoms with E-state index in [1.807, 2.05) is 11.0 Å². The predicted molar refractivity (Wildman–Crippen MR) is 106 cm³/mol. The van der Waals surface area contributed by atoms with Crippen LogP contribution >= 0.6 is 0 Å². The molecular weight excluding hydrogens is 376 g/mol. The second kappa shape index (κ2) is 8.52. The smallest absolute Gasteiger partial charge is 0.243 e. The zero-order valence-electron chi connectivity index (χ0n) is 15.6. The summed E-state index contributed by atoms with van der Waals surface area (Å²) >= 11 is 0. The summed E-state index contributed by atoms with van der Waals surface area (Å²) < 4.78 is 26.9. The van der Waals surface area contributed by atoms with Crippen LogP contribution in [0.25, 0.3) is 0 Å². The Bertz CT molecular complexity index is 961. The van der Waals surface area contributed by atoms with Gasteiger partial charge < -0.3 is 5.32 Å². The van der Waals surface area contributed by atoms with E-state index in [2.05, 4.69) is 5.32 Å². The first-order valence-corrected chi connectivity index (χ1v) is 10.5. The zero-order valence-corrected chi connectivity index (χ0v) is 16.4. The lowest BCUT2D eigenvalue weighted by atomic mass is 10.2. The van der Waals surface area contributed by atoms with Gasteiger partial charge in [-0.1, -0.05) is 18.2 Å². The van der Waals surface area contributed by atoms with Crippen LogP contribution in [0.3, 0.4) is 0 Å². The number of carbonyl (C=O) groups excluding carboxylic acids is 1. The molecule has 1 amide bonds. The Labute approximate surface area is 165 Å². The molecule has 0 bridgehead atoms. The quantitative estimate of drug-likeness (QED) is 0.830. The summed E-state index contributed by atoms with van der Waals surface area (Å²) in [4.78, 5) is 14.8. The van der Waals surface area contributed by atoms with Crippen molar-refractivity contribution in [3.63, 3.8) is 0 Å². The number of amides is 1. The van der Waals surface area contributed by atoms with Gasteiger partial charge in [-0.3, -0.25) is 9.69 Å². The summed E-state index contributed by atoms with van der Waals surface area (Å²) in [6, 6.07) is 16.7. The van der Waals surface area contributed by atoms with Crippen molar-refractivity contribution in [1.29, 1.82) is 5.26 Å². The van der Waals surface area contributed by atoms with Gasteiger partial charge in [0.05, 0.1) is 22.6 Å². The van der Waals surface area contributed by atoms with Crippen LogP contribution < -0.4 is 5.32 Å². The number of carbonyl (C=O) groups is 1. The van der Waals surface area contributed by atoms with Crippen LogP contribution in [0.1, 0.15) is 12.5 Å². The molecular formula is C20H22N4O3S. The third kappa shape index (κ3) is 4.39. The molecule has 1 aliphatic rings. The highest BCUT2D eigenvalue weighted by Crippen LogP contribution is 2.18. The molecule has 0 aliphatic carbocycles. The average Bonchev–Trinajstić information content (AvgIpc) is 2.74. The lowest BCUT2D eigenvalue weighted by Gasteiger charge is -2.36. The molecule has 7 nitrogen and oxygen atoms in total. The lowest BCUT2D eigenvalue weighted by molar-refractivity contribution is -0.121. The van der Waals surface area contributed by atoms with Crippen molar-refractivity contribution in [2.75, 3.05) is 31.5 Å². The normalized spacial score (nSPS) is 16.9. The summed E-state index contributed by atoms with van der Waals surface area (Å²) in [5, 5.41) is 11.7. The second-order valence-corrected chi connectivity index (χ2v) is 8.55. The van der Waals surface area contributed by atoms with Crippen molar-refractivity contribution in [1.82, 2.24) is 9.21 Å². The van der Waals surface area contributed by atoms with Crippen LogP contribution in [-0.2, 0) is 14.8 Å². The van der Waals surface area contributed by atoms with Gasteiger partial charge in [0.15, 0.2) is 0 Å². The van der Waals surface area contributed by atoms with Crippen molar-refractivity contribution >= 4 is 21.6 Å². The lowest BCUT2D eigenvalue weighted by Crippen LogP contribution is -2.53. The number of hydrogen-bond acceptors (Lipinski definition) is 5. The molecule has 0 spiro atoms. The van der Waals surface area contributed by atoms with Crippen molar-refractivity contribution in [2.45, 2.75) is 17.9 Å². The number of benzene rings is 2. The van der Waals surface area contributed by atoms with Gasteiger partial charge in [-0.25, -0.2) is 8.42 Å². The first kappa shape index (κ1) is 20.0. The molecule has 3 rings (SSSR count). The topological polar surface area (TPSA) is 93.5 Å². The number of rotatable bonds is 5. The maximum Gasteiger partial charge on any atom is 0.243 e. The molecule has 0 radical (unpaired) electrons. The van der Waals surface area contributed by atoms with Crippen molar-refractivity contribution in [3.05, 3.63) is 60.2 Å². The number of nitrogens with zero attached hydrogens (tertiary/aromatic N) is 3. The molecule has 0 aromatic heterocycles. The highest BCUT2D eigenvalue weighted by atomic mass is 32.2. The van der Waals surface area contributed by atoms with Crippen LogP contribution in [0.15, 0.2) is 59.5 Å². The molecule has 1 fully saturated rings. The molecule has 1 N–H and O–H groups in total. The number of hydrogen-bond donors (Lipinski definition) is 1. The summed E-state index contributed by atoms with van der Waals surface area (Å²) in [5.74, 6) is -0.163. The monoisotopic (exact) mass is 398 g/mol. The Hall–Kier alpha value is -2.73. The molecule has 28 heavy (non-hydrogen) atoms. The highest BCUT2D eigenvalue weighted by molar-refractivity contribution is 7.89. The molecule has 2 aromatic rings. The van der Waals surface area contributed by atoms with Gasteiger partial charge in [-0.05, 0) is 43.3 Å². The van der Waals surface area contributed by atoms with E-state index in [0.29, 0.717) is 37.4 Å². The van der Waals surface area contributed by atoms with E-state index in [1.54, 1.807) is 61.5 Å². The van der Waals surface area contributed by atoms with E-state index in [0.717, 1.165) is 0 Å². The van der Waals surface area contributed by atoms with E-state index in [-0.39, 0.29) is 10.8 Å². The largest absolute Gasteiger partial charge is 0.325 e. The van der Waals surface area contributed by atoms with Crippen LogP contribution in [0.2, 0.25) is 0 Å². The van der Waals surface area contributed by atoms with Gasteiger partial charge in [0.2, 0.25) is 15.9 Å². The fourth-order valence-corrected chi connectivity index (χ4v) is 4.56. The minimum atomic E-state index is -3.51. The predicted octanol–water partition coefficient (Wildman–Crippen LogP) is 1.89. The Morgan fingerprint density at radius 2 is 1.64 bits per heavy atom. The van der Waals surface area contributed by atoms with Crippen LogP contribution in [0, 0.1) is 11.3 Å². The van der Waals surface area contributed by atoms with Gasteiger partial charge in [0, 0.05) is 31.9 Å². The van der Waals surface area contributed by atoms with Gasteiger partial charge in [0.1, 0.15) is 0 Å². The molecule has 1 saturated heterocycles. The van der Waals surface area contributed by atoms with Crippen molar-refractivity contribution < 1.29 is 13.2 Å². The summed E-state index contributed by atoms with van der Waals surface area (Å²) in [6.07, 6.45) is 0. The van der Waals surface area contributed by atoms with Crippen molar-refractivity contribution in [2.24, 2.45) is 0 Å². The summed E-state index contributed by atoms with van der Waals surface area (Å²) in [7, 11) is -3.51. The number of anilines is 1. The number of nitriles is 1. The Balaban J connectivity index is 1.58. The number of nitrogens with one attached hydrogen (secondary N) is 1. The second-order valence-electron chi connectivity index (χ2n) is 6.61. The van der Waals surface area contributed by atoms with Crippen LogP contribution in [0.5, 0.6) is 0 Å². The van der Waals surface area contributed by atoms with Gasteiger partial charge in [-0.15, -0.1) is 0 Å². The Kier molecular flexibility index (Phi) is 6.09. The molecule has 2 aromatic carbocycles. The van der Waals surface area contributed by atoms with E-state index in [1.165, 1.54) is 4.31 Å². The van der Waals surface area contributed by atoms with Gasteiger partial charge >= 0.3 is 0 Å². The molecule has 0 unspecified atom stereocenters. The average molecular weight is 398 g/mol. The highest BCUT2D eigenvalue weighted by Gasteiger charge is 2.31. The van der Waals surface area contributed by atoms with E-state index < -0.39 is 16.1 Å². The number of piperazine rings is 1. The van der Waals surface area contributed by atoms with E-state index >= 15 is 0 Å². The summed E-state index contributed by atoms with van der Waals surface area (Å²) in [5.41, 5.74) is 1.16. The molecule has 146 valence electrons. The Morgan fingerprint density at radius 3 is 2.21 bits per heavy atom. The minimum absolute atomic E-state index is 0.163. The van der Waals surface area contributed by atoms with Gasteiger partial charge in [0.25, 0.3) is 0 Å². The molecule has 1 heterocycles. The molecule has 0 saturated carbocycles. The first-order valence-electron chi connectivity index (χ1n) is 9.02. The third-order valence-electron chi connectivity index (χ3n) is 4.86. The zero-order chi connectivity index (χ0) is 20.1. The standard InChI is InChI=1S/C20H22N4O3S/c1-16(20(25)22-18-9-7-17(15-21)8-10-18)23-11-13-24(14-12-23)28(26,27)19-5-3-2-4-6-19/h2-10,16H,11-14H2,1H3,(H,22,25)/t16-/m1/s1. The maximum atomic E-state index is 12.7. The van der Waals surface area contributed by atoms with Crippen LogP contribution in [-0.4, -0.2) is 55.8 Å². The van der Waals surface area contributed by atoms with E-state index in [9.17, 15) is 13.2 Å². The van der Waals surface area contributed by atoms with Gasteiger partial charge in [-0.2, -0.15) is 9.57 Å². The van der Waals surface area contributed by atoms with Crippen molar-refractivity contribution in [3.8, 4) is 6.07 Å². The fourth-order valence-electron chi connectivity index (χ4n) is 3.11. The molecule has 1 aliphatic heterocycles. The molecule has 8 heteroatoms. The van der Waals surface area contributed by atoms with Crippen LogP contribution in [0.4, 0.5) is 5.69 Å². The minimum Gasteiger partial charge on any atom is -0.325 e. The van der Waals surface area contributed by atoms with E-state index in [4.69, 9.17) is 5.26 Å².